The normalized spacial score (nSPS) is 20.1. The third-order valence-electron chi connectivity index (χ3n) is 2.41. The molecule has 1 aliphatic heterocycles. The molecule has 1 aromatic rings. The van der Waals surface area contributed by atoms with E-state index in [-0.39, 0.29) is 5.91 Å². The Morgan fingerprint density at radius 3 is 2.94 bits per heavy atom. The SMILES string of the molecule is Cc1cc(C(=O)N2CSC[C@H]2C(=O)O)co1. The number of nitrogens with zero attached hydrogens (tertiary/aromatic N) is 1. The smallest absolute Gasteiger partial charge is 0.327 e. The summed E-state index contributed by atoms with van der Waals surface area (Å²) in [4.78, 5) is 24.2. The van der Waals surface area contributed by atoms with Crippen LogP contribution in [0.3, 0.4) is 0 Å². The summed E-state index contributed by atoms with van der Waals surface area (Å²) >= 11 is 1.44. The average Bonchev–Trinajstić information content (AvgIpc) is 2.84. The summed E-state index contributed by atoms with van der Waals surface area (Å²) in [5, 5.41) is 8.95. The highest BCUT2D eigenvalue weighted by Gasteiger charge is 2.35. The number of aliphatic carboxylic acids is 1. The Morgan fingerprint density at radius 1 is 1.62 bits per heavy atom. The number of rotatable bonds is 2. The van der Waals surface area contributed by atoms with E-state index in [0.29, 0.717) is 23.0 Å². The molecule has 0 unspecified atom stereocenters. The Labute approximate surface area is 96.4 Å². The van der Waals surface area contributed by atoms with E-state index in [1.54, 1.807) is 13.0 Å². The van der Waals surface area contributed by atoms with Crippen LogP contribution in [0, 0.1) is 6.92 Å². The highest BCUT2D eigenvalue weighted by atomic mass is 32.2. The molecule has 1 fully saturated rings. The van der Waals surface area contributed by atoms with Gasteiger partial charge in [-0.25, -0.2) is 4.79 Å². The topological polar surface area (TPSA) is 70.8 Å². The van der Waals surface area contributed by atoms with Crippen LogP contribution in [0.4, 0.5) is 0 Å². The zero-order valence-electron chi connectivity index (χ0n) is 8.67. The quantitative estimate of drug-likeness (QED) is 0.842. The summed E-state index contributed by atoms with van der Waals surface area (Å²) < 4.78 is 5.04. The van der Waals surface area contributed by atoms with Crippen molar-refractivity contribution < 1.29 is 19.1 Å². The Kier molecular flexibility index (Phi) is 2.91. The lowest BCUT2D eigenvalue weighted by molar-refractivity contribution is -0.140. The second-order valence-corrected chi connectivity index (χ2v) is 4.57. The van der Waals surface area contributed by atoms with Gasteiger partial charge in [0.05, 0.1) is 11.4 Å². The number of hydrogen-bond donors (Lipinski definition) is 1. The molecule has 0 saturated carbocycles. The second kappa shape index (κ2) is 4.21. The molecule has 0 spiro atoms. The van der Waals surface area contributed by atoms with Crippen molar-refractivity contribution in [3.63, 3.8) is 0 Å². The van der Waals surface area contributed by atoms with Gasteiger partial charge in [0.2, 0.25) is 0 Å². The van der Waals surface area contributed by atoms with Crippen LogP contribution in [0.15, 0.2) is 16.7 Å². The summed E-state index contributed by atoms with van der Waals surface area (Å²) in [5.41, 5.74) is 0.409. The first kappa shape index (κ1) is 11.1. The van der Waals surface area contributed by atoms with E-state index in [9.17, 15) is 9.59 Å². The van der Waals surface area contributed by atoms with E-state index >= 15 is 0 Å². The standard InChI is InChI=1S/C10H11NO4S/c1-6-2-7(3-15-6)9(12)11-5-16-4-8(11)10(13)14/h2-3,8H,4-5H2,1H3,(H,13,14)/t8-/m0/s1. The number of carbonyl (C=O) groups is 2. The van der Waals surface area contributed by atoms with Crippen LogP contribution in [0.25, 0.3) is 0 Å². The Bertz CT molecular complexity index is 428. The molecule has 0 bridgehead atoms. The van der Waals surface area contributed by atoms with Crippen molar-refractivity contribution in [2.45, 2.75) is 13.0 Å². The monoisotopic (exact) mass is 241 g/mol. The second-order valence-electron chi connectivity index (χ2n) is 3.57. The zero-order chi connectivity index (χ0) is 11.7. The summed E-state index contributed by atoms with van der Waals surface area (Å²) in [5.74, 6) is 0.257. The third kappa shape index (κ3) is 1.92. The maximum Gasteiger partial charge on any atom is 0.327 e. The molecule has 1 amide bonds. The fraction of sp³-hybridized carbons (Fsp3) is 0.400. The predicted octanol–water partition coefficient (Wildman–Crippen LogP) is 1.19. The molecule has 1 aliphatic rings. The first-order chi connectivity index (χ1) is 7.59. The fourth-order valence-electron chi connectivity index (χ4n) is 1.57. The molecule has 0 aliphatic carbocycles. The van der Waals surface area contributed by atoms with Gasteiger partial charge in [0.25, 0.3) is 5.91 Å². The molecule has 1 N–H and O–H groups in total. The minimum absolute atomic E-state index is 0.283. The van der Waals surface area contributed by atoms with Gasteiger partial charge in [-0.05, 0) is 13.0 Å². The number of thioether (sulfide) groups is 1. The van der Waals surface area contributed by atoms with Crippen LogP contribution >= 0.6 is 11.8 Å². The highest BCUT2D eigenvalue weighted by Crippen LogP contribution is 2.23. The lowest BCUT2D eigenvalue weighted by Crippen LogP contribution is -2.41. The number of carboxylic acids is 1. The van der Waals surface area contributed by atoms with Gasteiger partial charge in [-0.15, -0.1) is 11.8 Å². The van der Waals surface area contributed by atoms with E-state index in [0.717, 1.165) is 0 Å². The molecular formula is C10H11NO4S. The minimum Gasteiger partial charge on any atom is -0.480 e. The predicted molar refractivity (Wildman–Crippen MR) is 58.4 cm³/mol. The molecule has 1 aromatic heterocycles. The molecular weight excluding hydrogens is 230 g/mol. The molecule has 6 heteroatoms. The van der Waals surface area contributed by atoms with Gasteiger partial charge in [0, 0.05) is 5.75 Å². The first-order valence-electron chi connectivity index (χ1n) is 4.76. The van der Waals surface area contributed by atoms with Crippen LogP contribution in [0.2, 0.25) is 0 Å². The van der Waals surface area contributed by atoms with Crippen LogP contribution in [0.1, 0.15) is 16.1 Å². The maximum absolute atomic E-state index is 12.0. The van der Waals surface area contributed by atoms with Crippen molar-refractivity contribution in [2.24, 2.45) is 0 Å². The first-order valence-corrected chi connectivity index (χ1v) is 5.91. The summed E-state index contributed by atoms with van der Waals surface area (Å²) in [6, 6.07) is 0.886. The number of hydrogen-bond acceptors (Lipinski definition) is 4. The molecule has 1 atom stereocenters. The van der Waals surface area contributed by atoms with E-state index in [4.69, 9.17) is 9.52 Å². The largest absolute Gasteiger partial charge is 0.480 e. The van der Waals surface area contributed by atoms with Gasteiger partial charge < -0.3 is 14.4 Å². The molecule has 86 valence electrons. The molecule has 2 rings (SSSR count). The summed E-state index contributed by atoms with van der Waals surface area (Å²) in [6.07, 6.45) is 1.36. The van der Waals surface area contributed by atoms with Crippen molar-refractivity contribution in [1.29, 1.82) is 0 Å². The van der Waals surface area contributed by atoms with E-state index in [1.807, 2.05) is 0 Å². The molecule has 16 heavy (non-hydrogen) atoms. The number of carboxylic acid groups (broad SMARTS) is 1. The minimum atomic E-state index is -0.960. The third-order valence-corrected chi connectivity index (χ3v) is 3.42. The van der Waals surface area contributed by atoms with Gasteiger partial charge in [-0.1, -0.05) is 0 Å². The number of carbonyl (C=O) groups excluding carboxylic acids is 1. The number of amides is 1. The van der Waals surface area contributed by atoms with Crippen LogP contribution in [-0.2, 0) is 4.79 Å². The lowest BCUT2D eigenvalue weighted by atomic mass is 10.2. The van der Waals surface area contributed by atoms with Crippen LogP contribution in [-0.4, -0.2) is 39.6 Å². The Morgan fingerprint density at radius 2 is 2.38 bits per heavy atom. The van der Waals surface area contributed by atoms with Gasteiger partial charge in [0.15, 0.2) is 0 Å². The maximum atomic E-state index is 12.0. The van der Waals surface area contributed by atoms with Crippen molar-refractivity contribution in [3.05, 3.63) is 23.7 Å². The molecule has 0 radical (unpaired) electrons. The van der Waals surface area contributed by atoms with Crippen molar-refractivity contribution in [2.75, 3.05) is 11.6 Å². The van der Waals surface area contributed by atoms with Gasteiger partial charge in [-0.3, -0.25) is 4.79 Å². The summed E-state index contributed by atoms with van der Waals surface area (Å²) in [7, 11) is 0. The van der Waals surface area contributed by atoms with Gasteiger partial charge in [0.1, 0.15) is 18.1 Å². The Hall–Kier alpha value is -1.43. The van der Waals surface area contributed by atoms with E-state index in [1.165, 1.54) is 22.9 Å². The van der Waals surface area contributed by atoms with Crippen LogP contribution < -0.4 is 0 Å². The van der Waals surface area contributed by atoms with Crippen molar-refractivity contribution in [3.8, 4) is 0 Å². The van der Waals surface area contributed by atoms with E-state index < -0.39 is 12.0 Å². The molecule has 1 saturated heterocycles. The molecule has 2 heterocycles. The van der Waals surface area contributed by atoms with Crippen LogP contribution in [0.5, 0.6) is 0 Å². The average molecular weight is 241 g/mol. The summed E-state index contributed by atoms with van der Waals surface area (Å²) in [6.45, 7) is 1.74. The lowest BCUT2D eigenvalue weighted by Gasteiger charge is -2.19. The highest BCUT2D eigenvalue weighted by molar-refractivity contribution is 7.99. The molecule has 5 nitrogen and oxygen atoms in total. The number of furan rings is 1. The zero-order valence-corrected chi connectivity index (χ0v) is 9.49. The Balaban J connectivity index is 2.18. The van der Waals surface area contributed by atoms with Gasteiger partial charge >= 0.3 is 5.97 Å². The fourth-order valence-corrected chi connectivity index (χ4v) is 2.71. The van der Waals surface area contributed by atoms with Crippen molar-refractivity contribution >= 4 is 23.6 Å². The number of aryl methyl sites for hydroxylation is 1. The van der Waals surface area contributed by atoms with Crippen molar-refractivity contribution in [1.82, 2.24) is 4.90 Å². The molecule has 0 aromatic carbocycles. The van der Waals surface area contributed by atoms with E-state index in [2.05, 4.69) is 0 Å². The van der Waals surface area contributed by atoms with Gasteiger partial charge in [-0.2, -0.15) is 0 Å².